The van der Waals surface area contributed by atoms with Crippen LogP contribution in [-0.4, -0.2) is 44.8 Å². The Morgan fingerprint density at radius 1 is 1.18 bits per heavy atom. The molecular formula is C25H27FN2O5P+. The number of carbonyl (C=O) groups is 1. The van der Waals surface area contributed by atoms with E-state index in [1.54, 1.807) is 18.2 Å². The molecule has 2 atom stereocenters. The van der Waals surface area contributed by atoms with E-state index in [4.69, 9.17) is 14.7 Å². The molecule has 9 heteroatoms. The Hall–Kier alpha value is -3.19. The lowest BCUT2D eigenvalue weighted by molar-refractivity contribution is -0.138. The van der Waals surface area contributed by atoms with E-state index in [0.29, 0.717) is 0 Å². The summed E-state index contributed by atoms with van der Waals surface area (Å²) >= 11 is 0. The molecule has 0 saturated carbocycles. The Morgan fingerprint density at radius 3 is 2.47 bits per heavy atom. The molecule has 178 valence electrons. The molecule has 0 aliphatic rings. The maximum absolute atomic E-state index is 13.6. The number of rotatable bonds is 11. The molecule has 0 aliphatic heterocycles. The predicted molar refractivity (Wildman–Crippen MR) is 129 cm³/mol. The topological polar surface area (TPSA) is 102 Å². The first kappa shape index (κ1) is 25.4. The number of aliphatic carboxylic acids is 1. The van der Waals surface area contributed by atoms with E-state index in [-0.39, 0.29) is 24.5 Å². The van der Waals surface area contributed by atoms with Gasteiger partial charge in [-0.05, 0) is 46.9 Å². The van der Waals surface area contributed by atoms with Gasteiger partial charge in [0.15, 0.2) is 0 Å². The van der Waals surface area contributed by atoms with Crippen molar-refractivity contribution in [2.75, 3.05) is 12.8 Å². The van der Waals surface area contributed by atoms with Gasteiger partial charge in [-0.3, -0.25) is 4.79 Å². The number of carboxylic acids is 1. The second-order valence-corrected chi connectivity index (χ2v) is 9.31. The molecule has 0 bridgehead atoms. The second kappa shape index (κ2) is 11.8. The van der Waals surface area contributed by atoms with Crippen LogP contribution in [0.25, 0.3) is 23.0 Å². The summed E-state index contributed by atoms with van der Waals surface area (Å²) in [5.74, 6) is -1.41. The number of benzene rings is 2. The molecule has 0 saturated heterocycles. The highest BCUT2D eigenvalue weighted by atomic mass is 31.1. The first-order valence-electron chi connectivity index (χ1n) is 10.8. The number of halogens is 1. The van der Waals surface area contributed by atoms with E-state index in [1.807, 2.05) is 54.9 Å². The highest BCUT2D eigenvalue weighted by molar-refractivity contribution is 7.39. The van der Waals surface area contributed by atoms with Gasteiger partial charge < -0.3 is 10.2 Å². The molecule has 0 amide bonds. The standard InChI is InChI=1S/C25H26FN2O5P/c1-17(2)24-22(9-6-14-33-34(32)16-21(29)15-23(30)31)25(18-10-12-19(26)13-11-18)28(27-24)20-7-4-3-5-8-20/h3-13,17,21,29H,14-16H2,1-2H3/p+1. The molecule has 0 spiro atoms. The summed E-state index contributed by atoms with van der Waals surface area (Å²) in [6.45, 7) is 4.06. The van der Waals surface area contributed by atoms with Gasteiger partial charge in [-0.1, -0.05) is 44.2 Å². The molecule has 3 rings (SSSR count). The van der Waals surface area contributed by atoms with Crippen molar-refractivity contribution in [3.8, 4) is 16.9 Å². The summed E-state index contributed by atoms with van der Waals surface area (Å²) in [6.07, 6.45) is 1.56. The van der Waals surface area contributed by atoms with Crippen LogP contribution in [0.1, 0.15) is 37.4 Å². The van der Waals surface area contributed by atoms with Gasteiger partial charge in [-0.25, -0.2) is 9.07 Å². The zero-order chi connectivity index (χ0) is 24.7. The minimum absolute atomic E-state index is 0.00586. The highest BCUT2D eigenvalue weighted by Gasteiger charge is 2.25. The summed E-state index contributed by atoms with van der Waals surface area (Å²) in [6, 6.07) is 15.8. The van der Waals surface area contributed by atoms with E-state index >= 15 is 0 Å². The number of carboxylic acid groups (broad SMARTS) is 1. The quantitative estimate of drug-likeness (QED) is 0.352. The summed E-state index contributed by atoms with van der Waals surface area (Å²) in [7, 11) is -2.21. The van der Waals surface area contributed by atoms with Crippen LogP contribution in [0.4, 0.5) is 4.39 Å². The molecule has 1 aromatic heterocycles. The molecule has 2 unspecified atom stereocenters. The number of aliphatic hydroxyl groups excluding tert-OH is 1. The minimum Gasteiger partial charge on any atom is -0.481 e. The Labute approximate surface area is 198 Å². The number of aromatic nitrogens is 2. The third-order valence-corrected chi connectivity index (χ3v) is 6.14. The molecule has 34 heavy (non-hydrogen) atoms. The van der Waals surface area contributed by atoms with Gasteiger partial charge in [-0.15, -0.1) is 4.52 Å². The molecule has 2 aromatic carbocycles. The van der Waals surface area contributed by atoms with Crippen LogP contribution in [0.3, 0.4) is 0 Å². The van der Waals surface area contributed by atoms with Crippen molar-refractivity contribution in [2.45, 2.75) is 32.3 Å². The van der Waals surface area contributed by atoms with Crippen LogP contribution in [-0.2, 0) is 13.9 Å². The van der Waals surface area contributed by atoms with Gasteiger partial charge in [0.05, 0.1) is 23.5 Å². The lowest BCUT2D eigenvalue weighted by Crippen LogP contribution is -2.15. The number of aliphatic hydroxyl groups is 1. The second-order valence-electron chi connectivity index (χ2n) is 8.02. The summed E-state index contributed by atoms with van der Waals surface area (Å²) in [5, 5.41) is 23.2. The van der Waals surface area contributed by atoms with E-state index < -0.39 is 26.5 Å². The zero-order valence-corrected chi connectivity index (χ0v) is 19.9. The molecular weight excluding hydrogens is 458 g/mol. The highest BCUT2D eigenvalue weighted by Crippen LogP contribution is 2.34. The van der Waals surface area contributed by atoms with Gasteiger partial charge >= 0.3 is 14.0 Å². The Balaban J connectivity index is 1.91. The molecule has 1 heterocycles. The Morgan fingerprint density at radius 2 is 1.85 bits per heavy atom. The Kier molecular flexibility index (Phi) is 8.82. The first-order valence-corrected chi connectivity index (χ1v) is 12.2. The number of para-hydroxylation sites is 1. The molecule has 7 nitrogen and oxygen atoms in total. The lowest BCUT2D eigenvalue weighted by Gasteiger charge is -2.09. The van der Waals surface area contributed by atoms with Crippen molar-refractivity contribution in [3.05, 3.63) is 77.7 Å². The fourth-order valence-corrected chi connectivity index (χ4v) is 4.29. The fourth-order valence-electron chi connectivity index (χ4n) is 3.46. The van der Waals surface area contributed by atoms with Crippen LogP contribution in [0.15, 0.2) is 60.7 Å². The third kappa shape index (κ3) is 6.67. The van der Waals surface area contributed by atoms with Gasteiger partial charge in [0.1, 0.15) is 18.5 Å². The third-order valence-electron chi connectivity index (χ3n) is 4.99. The van der Waals surface area contributed by atoms with Crippen molar-refractivity contribution >= 4 is 20.1 Å². The van der Waals surface area contributed by atoms with Crippen LogP contribution in [0, 0.1) is 5.82 Å². The van der Waals surface area contributed by atoms with Gasteiger partial charge in [0, 0.05) is 11.1 Å². The van der Waals surface area contributed by atoms with E-state index in [2.05, 4.69) is 0 Å². The van der Waals surface area contributed by atoms with Crippen molar-refractivity contribution in [1.82, 2.24) is 9.78 Å². The molecule has 0 fully saturated rings. The maximum Gasteiger partial charge on any atom is 0.511 e. The number of hydrogen-bond acceptors (Lipinski definition) is 5. The van der Waals surface area contributed by atoms with Gasteiger partial charge in [0.25, 0.3) is 0 Å². The van der Waals surface area contributed by atoms with Crippen molar-refractivity contribution in [1.29, 1.82) is 0 Å². The SMILES string of the molecule is CC(C)c1nn(-c2ccccc2)c(-c2ccc(F)cc2)c1C=CCO[P+](=O)CC(O)CC(=O)O. The zero-order valence-electron chi connectivity index (χ0n) is 19.0. The van der Waals surface area contributed by atoms with Gasteiger partial charge in [-0.2, -0.15) is 5.10 Å². The summed E-state index contributed by atoms with van der Waals surface area (Å²) in [4.78, 5) is 10.6. The van der Waals surface area contributed by atoms with E-state index in [9.17, 15) is 18.9 Å². The van der Waals surface area contributed by atoms with Crippen LogP contribution < -0.4 is 0 Å². The summed E-state index contributed by atoms with van der Waals surface area (Å²) in [5.41, 5.74) is 4.09. The fraction of sp³-hybridized carbons (Fsp3) is 0.280. The van der Waals surface area contributed by atoms with Crippen LogP contribution in [0.5, 0.6) is 0 Å². The van der Waals surface area contributed by atoms with Crippen molar-refractivity contribution < 1.29 is 28.5 Å². The monoisotopic (exact) mass is 485 g/mol. The van der Waals surface area contributed by atoms with Gasteiger partial charge in [0.2, 0.25) is 6.16 Å². The maximum atomic E-state index is 13.6. The largest absolute Gasteiger partial charge is 0.511 e. The molecule has 3 aromatic rings. The molecule has 0 aliphatic carbocycles. The van der Waals surface area contributed by atoms with Crippen molar-refractivity contribution in [3.63, 3.8) is 0 Å². The van der Waals surface area contributed by atoms with Crippen LogP contribution in [0.2, 0.25) is 0 Å². The number of nitrogens with zero attached hydrogens (tertiary/aromatic N) is 2. The molecule has 0 radical (unpaired) electrons. The average Bonchev–Trinajstić information content (AvgIpc) is 3.17. The smallest absolute Gasteiger partial charge is 0.481 e. The average molecular weight is 485 g/mol. The molecule has 2 N–H and O–H groups in total. The normalized spacial score (nSPS) is 12.9. The first-order chi connectivity index (χ1) is 16.3. The Bertz CT molecular complexity index is 1160. The van der Waals surface area contributed by atoms with Crippen molar-refractivity contribution in [2.24, 2.45) is 0 Å². The summed E-state index contributed by atoms with van der Waals surface area (Å²) < 4.78 is 32.7. The number of hydrogen-bond donors (Lipinski definition) is 2. The lowest BCUT2D eigenvalue weighted by atomic mass is 9.99. The van der Waals surface area contributed by atoms with Crippen LogP contribution >= 0.6 is 8.03 Å². The van der Waals surface area contributed by atoms with E-state index in [0.717, 1.165) is 28.2 Å². The minimum atomic E-state index is -2.21. The predicted octanol–water partition coefficient (Wildman–Crippen LogP) is 5.41. The van der Waals surface area contributed by atoms with E-state index in [1.165, 1.54) is 12.1 Å².